The first-order valence-corrected chi connectivity index (χ1v) is 12.3. The van der Waals surface area contributed by atoms with Crippen molar-refractivity contribution >= 4 is 27.3 Å². The van der Waals surface area contributed by atoms with Gasteiger partial charge >= 0.3 is 0 Å². The number of carbonyl (C=O) groups is 2. The fraction of sp³-hybridized carbons (Fsp3) is 0.240. The third-order valence-electron chi connectivity index (χ3n) is 5.08. The van der Waals surface area contributed by atoms with Crippen molar-refractivity contribution in [3.8, 4) is 0 Å². The summed E-state index contributed by atoms with van der Waals surface area (Å²) in [5.41, 5.74) is 3.53. The summed E-state index contributed by atoms with van der Waals surface area (Å²) >= 11 is 0. The Balaban J connectivity index is 1.59. The van der Waals surface area contributed by atoms with E-state index in [0.717, 1.165) is 11.1 Å². The fourth-order valence-corrected chi connectivity index (χ4v) is 4.56. The average molecular weight is 466 g/mol. The van der Waals surface area contributed by atoms with E-state index in [2.05, 4.69) is 10.3 Å². The lowest BCUT2D eigenvalue weighted by Crippen LogP contribution is -2.29. The van der Waals surface area contributed by atoms with Gasteiger partial charge in [0.1, 0.15) is 5.75 Å². The summed E-state index contributed by atoms with van der Waals surface area (Å²) in [5, 5.41) is 2.60. The van der Waals surface area contributed by atoms with Crippen molar-refractivity contribution in [1.82, 2.24) is 9.88 Å². The molecule has 3 rings (SSSR count). The van der Waals surface area contributed by atoms with Crippen LogP contribution >= 0.6 is 0 Å². The largest absolute Gasteiger partial charge is 0.341 e. The van der Waals surface area contributed by atoms with Crippen LogP contribution < -0.4 is 5.32 Å². The topological polar surface area (TPSA) is 96.4 Å². The Bertz CT molecular complexity index is 1210. The fourth-order valence-electron chi connectivity index (χ4n) is 3.30. The second-order valence-electron chi connectivity index (χ2n) is 7.98. The van der Waals surface area contributed by atoms with Gasteiger partial charge in [0.05, 0.1) is 5.75 Å². The number of aryl methyl sites for hydroxylation is 1. The number of pyridine rings is 1. The van der Waals surface area contributed by atoms with Gasteiger partial charge < -0.3 is 10.2 Å². The van der Waals surface area contributed by atoms with Gasteiger partial charge in [-0.15, -0.1) is 0 Å². The normalized spacial score (nSPS) is 11.1. The highest BCUT2D eigenvalue weighted by molar-refractivity contribution is 7.91. The zero-order valence-electron chi connectivity index (χ0n) is 18.7. The summed E-state index contributed by atoms with van der Waals surface area (Å²) in [4.78, 5) is 30.6. The Morgan fingerprint density at radius 1 is 0.970 bits per heavy atom. The molecule has 7 nitrogen and oxygen atoms in total. The molecule has 0 fully saturated rings. The molecule has 8 heteroatoms. The maximum absolute atomic E-state index is 12.8. The van der Waals surface area contributed by atoms with Crippen molar-refractivity contribution in [2.75, 3.05) is 24.7 Å². The molecule has 0 saturated carbocycles. The van der Waals surface area contributed by atoms with Crippen LogP contribution in [0.4, 0.5) is 5.69 Å². The second-order valence-corrected chi connectivity index (χ2v) is 10.0. The minimum absolute atomic E-state index is 0.194. The van der Waals surface area contributed by atoms with E-state index in [0.29, 0.717) is 29.8 Å². The monoisotopic (exact) mass is 465 g/mol. The lowest BCUT2D eigenvalue weighted by molar-refractivity contribution is -0.113. The van der Waals surface area contributed by atoms with Crippen molar-refractivity contribution in [3.05, 3.63) is 95.3 Å². The van der Waals surface area contributed by atoms with Gasteiger partial charge in [0.25, 0.3) is 5.91 Å². The van der Waals surface area contributed by atoms with Crippen molar-refractivity contribution in [2.45, 2.75) is 19.1 Å². The van der Waals surface area contributed by atoms with Gasteiger partial charge in [0, 0.05) is 37.2 Å². The van der Waals surface area contributed by atoms with E-state index in [1.165, 1.54) is 0 Å². The highest BCUT2D eigenvalue weighted by Gasteiger charge is 2.19. The molecule has 0 aliphatic carbocycles. The average Bonchev–Trinajstić information content (AvgIpc) is 2.78. The van der Waals surface area contributed by atoms with Crippen molar-refractivity contribution in [2.24, 2.45) is 0 Å². The number of hydrogen-bond donors (Lipinski definition) is 1. The number of aromatic nitrogens is 1. The lowest BCUT2D eigenvalue weighted by atomic mass is 10.1. The Morgan fingerprint density at radius 2 is 1.67 bits per heavy atom. The third kappa shape index (κ3) is 7.54. The van der Waals surface area contributed by atoms with Crippen LogP contribution in [0, 0.1) is 6.92 Å². The van der Waals surface area contributed by atoms with Crippen LogP contribution in [0.25, 0.3) is 0 Å². The van der Waals surface area contributed by atoms with Crippen molar-refractivity contribution in [3.63, 3.8) is 0 Å². The first-order valence-electron chi connectivity index (χ1n) is 10.5. The quantitative estimate of drug-likeness (QED) is 0.523. The number of nitrogens with one attached hydrogen (secondary N) is 1. The number of amides is 2. The minimum Gasteiger partial charge on any atom is -0.341 e. The molecule has 2 amide bonds. The number of benzene rings is 2. The molecule has 0 spiro atoms. The Morgan fingerprint density at radius 3 is 2.36 bits per heavy atom. The van der Waals surface area contributed by atoms with E-state index in [9.17, 15) is 18.0 Å². The van der Waals surface area contributed by atoms with Crippen LogP contribution in [0.15, 0.2) is 73.1 Å². The summed E-state index contributed by atoms with van der Waals surface area (Å²) < 4.78 is 25.1. The predicted molar refractivity (Wildman–Crippen MR) is 129 cm³/mol. The number of hydrogen-bond acceptors (Lipinski definition) is 5. The molecule has 0 aliphatic heterocycles. The predicted octanol–water partition coefficient (Wildman–Crippen LogP) is 3.26. The summed E-state index contributed by atoms with van der Waals surface area (Å²) in [6.45, 7) is 2.44. The molecular weight excluding hydrogens is 438 g/mol. The van der Waals surface area contributed by atoms with Gasteiger partial charge in [-0.1, -0.05) is 29.8 Å². The molecule has 1 aromatic heterocycles. The number of nitrogens with zero attached hydrogens (tertiary/aromatic N) is 2. The van der Waals surface area contributed by atoms with Gasteiger partial charge in [0.15, 0.2) is 9.84 Å². The molecule has 2 aromatic carbocycles. The van der Waals surface area contributed by atoms with Crippen LogP contribution in [-0.2, 0) is 26.8 Å². The third-order valence-corrected chi connectivity index (χ3v) is 6.55. The molecular formula is C25H27N3O4S. The number of anilines is 1. The molecule has 0 unspecified atom stereocenters. The second kappa shape index (κ2) is 10.9. The van der Waals surface area contributed by atoms with Gasteiger partial charge in [-0.05, 0) is 60.9 Å². The zero-order valence-corrected chi connectivity index (χ0v) is 19.5. The van der Waals surface area contributed by atoms with E-state index in [4.69, 9.17) is 0 Å². The van der Waals surface area contributed by atoms with Crippen LogP contribution in [0.2, 0.25) is 0 Å². The van der Waals surface area contributed by atoms with Crippen LogP contribution in [-0.4, -0.2) is 49.5 Å². The first kappa shape index (κ1) is 24.1. The maximum atomic E-state index is 12.8. The molecule has 0 saturated heterocycles. The van der Waals surface area contributed by atoms with Gasteiger partial charge in [-0.25, -0.2) is 8.42 Å². The standard InChI is InChI=1S/C25H27N3O4S/c1-19-6-8-23(9-7-19)27-24(29)18-33(31,32)17-21-4-3-5-22(16-21)25(30)28(2)15-12-20-10-13-26-14-11-20/h3-11,13-14,16H,12,15,17-18H2,1-2H3,(H,27,29). The summed E-state index contributed by atoms with van der Waals surface area (Å²) in [6.07, 6.45) is 4.11. The van der Waals surface area contributed by atoms with Crippen molar-refractivity contribution in [1.29, 1.82) is 0 Å². The van der Waals surface area contributed by atoms with E-state index in [-0.39, 0.29) is 11.7 Å². The van der Waals surface area contributed by atoms with E-state index < -0.39 is 21.5 Å². The number of likely N-dealkylation sites (N-methyl/N-ethyl adjacent to an activating group) is 1. The minimum atomic E-state index is -3.71. The highest BCUT2D eigenvalue weighted by atomic mass is 32.2. The van der Waals surface area contributed by atoms with Gasteiger partial charge in [-0.2, -0.15) is 0 Å². The highest BCUT2D eigenvalue weighted by Crippen LogP contribution is 2.14. The SMILES string of the molecule is Cc1ccc(NC(=O)CS(=O)(=O)Cc2cccc(C(=O)N(C)CCc3ccncc3)c2)cc1. The molecule has 3 aromatic rings. The molecule has 0 radical (unpaired) electrons. The van der Waals surface area contributed by atoms with Crippen LogP contribution in [0.1, 0.15) is 27.0 Å². The maximum Gasteiger partial charge on any atom is 0.253 e. The lowest BCUT2D eigenvalue weighted by Gasteiger charge is -2.17. The number of rotatable bonds is 9. The van der Waals surface area contributed by atoms with E-state index in [1.807, 2.05) is 31.2 Å². The molecule has 0 atom stereocenters. The molecule has 0 bridgehead atoms. The van der Waals surface area contributed by atoms with Crippen molar-refractivity contribution < 1.29 is 18.0 Å². The van der Waals surface area contributed by atoms with E-state index in [1.54, 1.807) is 60.7 Å². The van der Waals surface area contributed by atoms with Gasteiger partial charge in [-0.3, -0.25) is 14.6 Å². The van der Waals surface area contributed by atoms with Crippen LogP contribution in [0.3, 0.4) is 0 Å². The molecule has 33 heavy (non-hydrogen) atoms. The molecule has 1 heterocycles. The van der Waals surface area contributed by atoms with E-state index >= 15 is 0 Å². The number of sulfone groups is 1. The zero-order chi connectivity index (χ0) is 23.8. The first-order chi connectivity index (χ1) is 15.7. The van der Waals surface area contributed by atoms with Crippen LogP contribution in [0.5, 0.6) is 0 Å². The Kier molecular flexibility index (Phi) is 7.95. The summed E-state index contributed by atoms with van der Waals surface area (Å²) in [7, 11) is -2.00. The molecule has 0 aliphatic rings. The van der Waals surface area contributed by atoms with Gasteiger partial charge in [0.2, 0.25) is 5.91 Å². The molecule has 1 N–H and O–H groups in total. The summed E-state index contributed by atoms with van der Waals surface area (Å²) in [5.74, 6) is -1.75. The Hall–Kier alpha value is -3.52. The Labute approximate surface area is 194 Å². The smallest absolute Gasteiger partial charge is 0.253 e. The number of carbonyl (C=O) groups excluding carboxylic acids is 2. The summed E-state index contributed by atoms with van der Waals surface area (Å²) in [6, 6.07) is 17.4. The molecule has 172 valence electrons.